The Labute approximate surface area is 147 Å². The summed E-state index contributed by atoms with van der Waals surface area (Å²) in [5.74, 6) is -0.152. The van der Waals surface area contributed by atoms with E-state index in [4.69, 9.17) is 0 Å². The summed E-state index contributed by atoms with van der Waals surface area (Å²) in [6.07, 6.45) is 5.57. The molecule has 0 atom stereocenters. The highest BCUT2D eigenvalue weighted by Crippen LogP contribution is 2.23. The molecule has 0 radical (unpaired) electrons. The second-order valence-electron chi connectivity index (χ2n) is 5.58. The topological polar surface area (TPSA) is 98.0 Å². The molecular formula is C17H16N4O3S. The molecule has 25 heavy (non-hydrogen) atoms. The maximum absolute atomic E-state index is 12.5. The molecule has 3 heterocycles. The lowest BCUT2D eigenvalue weighted by atomic mass is 10.1. The maximum Gasteiger partial charge on any atom is 0.260 e. The van der Waals surface area contributed by atoms with Crippen molar-refractivity contribution in [2.75, 3.05) is 0 Å². The van der Waals surface area contributed by atoms with Gasteiger partial charge < -0.3 is 5.11 Å². The van der Waals surface area contributed by atoms with E-state index in [0.717, 1.165) is 28.8 Å². The summed E-state index contributed by atoms with van der Waals surface area (Å²) in [7, 11) is 0. The Morgan fingerprint density at radius 1 is 1.28 bits per heavy atom. The highest BCUT2D eigenvalue weighted by atomic mass is 32.1. The molecule has 3 aromatic heterocycles. The number of hydrogen-bond donors (Lipinski definition) is 1. The average Bonchev–Trinajstić information content (AvgIpc) is 2.95. The van der Waals surface area contributed by atoms with Crippen molar-refractivity contribution in [2.24, 2.45) is 0 Å². The van der Waals surface area contributed by atoms with Crippen LogP contribution in [0.15, 0.2) is 35.5 Å². The molecule has 0 aliphatic carbocycles. The number of carbonyl (C=O) groups is 1. The summed E-state index contributed by atoms with van der Waals surface area (Å²) in [5, 5.41) is 9.74. The van der Waals surface area contributed by atoms with Crippen molar-refractivity contribution < 1.29 is 9.90 Å². The predicted molar refractivity (Wildman–Crippen MR) is 93.5 cm³/mol. The smallest absolute Gasteiger partial charge is 0.260 e. The summed E-state index contributed by atoms with van der Waals surface area (Å²) >= 11 is 1.16. The summed E-state index contributed by atoms with van der Waals surface area (Å²) in [6, 6.07) is 2.50. The Kier molecular flexibility index (Phi) is 4.71. The molecule has 0 aromatic carbocycles. The largest absolute Gasteiger partial charge is 0.508 e. The molecule has 1 N–H and O–H groups in total. The van der Waals surface area contributed by atoms with Crippen LogP contribution in [-0.4, -0.2) is 30.4 Å². The van der Waals surface area contributed by atoms with Gasteiger partial charge in [-0.05, 0) is 26.3 Å². The van der Waals surface area contributed by atoms with Gasteiger partial charge in [-0.1, -0.05) is 11.3 Å². The van der Waals surface area contributed by atoms with Crippen LogP contribution in [0.2, 0.25) is 0 Å². The minimum Gasteiger partial charge on any atom is -0.508 e. The summed E-state index contributed by atoms with van der Waals surface area (Å²) < 4.78 is 1.31. The maximum atomic E-state index is 12.5. The van der Waals surface area contributed by atoms with Gasteiger partial charge in [0.15, 0.2) is 10.9 Å². The quantitative estimate of drug-likeness (QED) is 0.704. The van der Waals surface area contributed by atoms with E-state index in [1.165, 1.54) is 16.8 Å². The molecule has 0 saturated heterocycles. The zero-order valence-corrected chi connectivity index (χ0v) is 14.6. The van der Waals surface area contributed by atoms with Gasteiger partial charge in [0.05, 0.1) is 22.0 Å². The normalized spacial score (nSPS) is 10.8. The highest BCUT2D eigenvalue weighted by Gasteiger charge is 2.17. The fourth-order valence-electron chi connectivity index (χ4n) is 2.27. The number of nitrogens with zero attached hydrogens (tertiary/aromatic N) is 4. The summed E-state index contributed by atoms with van der Waals surface area (Å²) in [6.45, 7) is 3.60. The molecule has 3 rings (SSSR count). The number of hydrogen-bond acceptors (Lipinski definition) is 7. The molecule has 0 bridgehead atoms. The lowest BCUT2D eigenvalue weighted by Gasteiger charge is -2.00. The lowest BCUT2D eigenvalue weighted by molar-refractivity contribution is 0.0985. The molecule has 0 aliphatic heterocycles. The van der Waals surface area contributed by atoms with Crippen molar-refractivity contribution in [2.45, 2.75) is 26.7 Å². The zero-order chi connectivity index (χ0) is 18.0. The standard InChI is InChI=1S/C17H16N4O3S/c1-10-8-19-12(9-18-10)3-4-14(23)16-11(2)20-17(25-16)21-6-5-13(22)7-15(21)24/h5-9,22H,3-4H2,1-2H3. The Morgan fingerprint density at radius 3 is 2.76 bits per heavy atom. The monoisotopic (exact) mass is 356 g/mol. The molecule has 3 aromatic rings. The van der Waals surface area contributed by atoms with Crippen molar-refractivity contribution in [3.63, 3.8) is 0 Å². The van der Waals surface area contributed by atoms with Gasteiger partial charge in [-0.2, -0.15) is 0 Å². The molecular weight excluding hydrogens is 340 g/mol. The first-order valence-corrected chi connectivity index (χ1v) is 8.46. The van der Waals surface area contributed by atoms with Gasteiger partial charge in [-0.3, -0.25) is 24.1 Å². The molecule has 0 amide bonds. The van der Waals surface area contributed by atoms with E-state index in [-0.39, 0.29) is 11.5 Å². The van der Waals surface area contributed by atoms with Crippen LogP contribution in [0, 0.1) is 13.8 Å². The van der Waals surface area contributed by atoms with E-state index in [0.29, 0.717) is 28.5 Å². The van der Waals surface area contributed by atoms with Gasteiger partial charge in [-0.15, -0.1) is 0 Å². The Balaban J connectivity index is 1.78. The number of Topliss-reactive ketones (excluding diaryl/α,β-unsaturated/α-hetero) is 1. The van der Waals surface area contributed by atoms with Crippen LogP contribution < -0.4 is 5.56 Å². The minimum absolute atomic E-state index is 0.0459. The molecule has 0 spiro atoms. The van der Waals surface area contributed by atoms with Gasteiger partial charge in [0, 0.05) is 31.1 Å². The molecule has 0 aliphatic rings. The Morgan fingerprint density at radius 2 is 2.08 bits per heavy atom. The zero-order valence-electron chi connectivity index (χ0n) is 13.8. The van der Waals surface area contributed by atoms with E-state index in [1.54, 1.807) is 19.3 Å². The number of rotatable bonds is 5. The number of thiazole rings is 1. The Hall–Kier alpha value is -2.87. The fraction of sp³-hybridized carbons (Fsp3) is 0.235. The van der Waals surface area contributed by atoms with Crippen LogP contribution in [0.4, 0.5) is 0 Å². The molecule has 8 heteroatoms. The third-order valence-corrected chi connectivity index (χ3v) is 4.79. The van der Waals surface area contributed by atoms with E-state index < -0.39 is 5.56 Å². The van der Waals surface area contributed by atoms with Gasteiger partial charge in [0.25, 0.3) is 5.56 Å². The molecule has 0 fully saturated rings. The Bertz CT molecular complexity index is 976. The van der Waals surface area contributed by atoms with Crippen molar-refractivity contribution in [1.82, 2.24) is 19.5 Å². The number of aryl methyl sites for hydroxylation is 3. The number of aromatic hydroxyl groups is 1. The first-order chi connectivity index (χ1) is 11.9. The summed E-state index contributed by atoms with van der Waals surface area (Å²) in [4.78, 5) is 37.7. The molecule has 0 unspecified atom stereocenters. The van der Waals surface area contributed by atoms with Crippen LogP contribution >= 0.6 is 11.3 Å². The van der Waals surface area contributed by atoms with Crippen molar-refractivity contribution in [1.29, 1.82) is 0 Å². The second-order valence-corrected chi connectivity index (χ2v) is 6.55. The van der Waals surface area contributed by atoms with Crippen LogP contribution in [0.25, 0.3) is 5.13 Å². The fourth-order valence-corrected chi connectivity index (χ4v) is 3.30. The number of ketones is 1. The van der Waals surface area contributed by atoms with Gasteiger partial charge >= 0.3 is 0 Å². The highest BCUT2D eigenvalue weighted by molar-refractivity contribution is 7.16. The van der Waals surface area contributed by atoms with E-state index in [1.807, 2.05) is 6.92 Å². The SMILES string of the molecule is Cc1cnc(CCC(=O)c2sc(-n3ccc(O)cc3=O)nc2C)cn1. The van der Waals surface area contributed by atoms with Crippen molar-refractivity contribution >= 4 is 17.1 Å². The van der Waals surface area contributed by atoms with E-state index in [9.17, 15) is 14.7 Å². The van der Waals surface area contributed by atoms with Crippen molar-refractivity contribution in [3.05, 3.63) is 63.0 Å². The van der Waals surface area contributed by atoms with Crippen LogP contribution in [0.3, 0.4) is 0 Å². The lowest BCUT2D eigenvalue weighted by Crippen LogP contribution is -2.15. The van der Waals surface area contributed by atoms with Gasteiger partial charge in [-0.25, -0.2) is 4.98 Å². The average molecular weight is 356 g/mol. The van der Waals surface area contributed by atoms with Crippen LogP contribution in [0.1, 0.15) is 33.2 Å². The third-order valence-electron chi connectivity index (χ3n) is 3.59. The first kappa shape index (κ1) is 17.0. The van der Waals surface area contributed by atoms with Crippen LogP contribution in [-0.2, 0) is 6.42 Å². The van der Waals surface area contributed by atoms with E-state index >= 15 is 0 Å². The van der Waals surface area contributed by atoms with E-state index in [2.05, 4.69) is 15.0 Å². The molecule has 7 nitrogen and oxygen atoms in total. The number of pyridine rings is 1. The third kappa shape index (κ3) is 3.80. The van der Waals surface area contributed by atoms with Gasteiger partial charge in [0.2, 0.25) is 0 Å². The number of carbonyl (C=O) groups excluding carboxylic acids is 1. The molecule has 128 valence electrons. The number of aromatic nitrogens is 4. The predicted octanol–water partition coefficient (Wildman–Crippen LogP) is 2.22. The van der Waals surface area contributed by atoms with Crippen molar-refractivity contribution in [3.8, 4) is 10.9 Å². The minimum atomic E-state index is -0.400. The first-order valence-electron chi connectivity index (χ1n) is 7.64. The summed E-state index contributed by atoms with van der Waals surface area (Å²) in [5.41, 5.74) is 1.77. The molecule has 0 saturated carbocycles. The van der Waals surface area contributed by atoms with Gasteiger partial charge in [0.1, 0.15) is 5.75 Å². The second kappa shape index (κ2) is 6.94. The van der Waals surface area contributed by atoms with Crippen LogP contribution in [0.5, 0.6) is 5.75 Å².